The molecular weight excluding hydrogens is 397 g/mol. The van der Waals surface area contributed by atoms with E-state index >= 15 is 0 Å². The predicted molar refractivity (Wildman–Crippen MR) is 101 cm³/mol. The van der Waals surface area contributed by atoms with Gasteiger partial charge in [-0.2, -0.15) is 0 Å². The Balaban J connectivity index is 1.96. The summed E-state index contributed by atoms with van der Waals surface area (Å²) in [4.78, 5) is 16.3. The highest BCUT2D eigenvalue weighted by Gasteiger charge is 2.24. The molecule has 1 heterocycles. The minimum absolute atomic E-state index is 0.0152. The molecule has 0 atom stereocenters. The highest BCUT2D eigenvalue weighted by molar-refractivity contribution is 7.14. The Labute approximate surface area is 162 Å². The fraction of sp³-hybridized carbons (Fsp3) is 0.158. The summed E-state index contributed by atoms with van der Waals surface area (Å²) in [7, 11) is 0. The van der Waals surface area contributed by atoms with Gasteiger partial charge < -0.3 is 5.32 Å². The quantitative estimate of drug-likeness (QED) is 0.532. The third-order valence-corrected chi connectivity index (χ3v) is 5.34. The number of aryl methyl sites for hydroxylation is 1. The van der Waals surface area contributed by atoms with Gasteiger partial charge in [0.1, 0.15) is 16.4 Å². The van der Waals surface area contributed by atoms with Gasteiger partial charge in [0.05, 0.1) is 10.0 Å². The average molecular weight is 411 g/mol. The Morgan fingerprint density at radius 3 is 2.67 bits per heavy atom. The summed E-state index contributed by atoms with van der Waals surface area (Å²) in [6.07, 6.45) is -2.39. The van der Waals surface area contributed by atoms with E-state index in [4.69, 9.17) is 11.6 Å². The molecule has 0 aliphatic heterocycles. The summed E-state index contributed by atoms with van der Waals surface area (Å²) in [6.45, 7) is 1.78. The van der Waals surface area contributed by atoms with Crippen LogP contribution in [-0.2, 0) is 6.42 Å². The zero-order chi connectivity index (χ0) is 19.6. The van der Waals surface area contributed by atoms with Crippen molar-refractivity contribution in [1.29, 1.82) is 0 Å². The van der Waals surface area contributed by atoms with E-state index in [1.54, 1.807) is 37.3 Å². The average Bonchev–Trinajstić information content (AvgIpc) is 3.09. The second-order valence-electron chi connectivity index (χ2n) is 5.60. The number of halogens is 4. The second kappa shape index (κ2) is 8.10. The van der Waals surface area contributed by atoms with Crippen molar-refractivity contribution in [3.63, 3.8) is 0 Å². The Hall–Kier alpha value is -2.38. The number of aromatic nitrogens is 1. The van der Waals surface area contributed by atoms with Crippen molar-refractivity contribution in [2.45, 2.75) is 19.8 Å². The molecule has 27 heavy (non-hydrogen) atoms. The number of hydrogen-bond acceptors (Lipinski definition) is 3. The Morgan fingerprint density at radius 2 is 2.00 bits per heavy atom. The van der Waals surface area contributed by atoms with Crippen molar-refractivity contribution in [2.75, 3.05) is 5.32 Å². The van der Waals surface area contributed by atoms with E-state index in [9.17, 15) is 18.0 Å². The van der Waals surface area contributed by atoms with E-state index in [-0.39, 0.29) is 9.90 Å². The zero-order valence-corrected chi connectivity index (χ0v) is 15.7. The molecule has 8 heteroatoms. The summed E-state index contributed by atoms with van der Waals surface area (Å²) >= 11 is 6.65. The second-order valence-corrected chi connectivity index (χ2v) is 7.10. The first-order chi connectivity index (χ1) is 12.9. The molecule has 0 fully saturated rings. The molecule has 1 amide bonds. The third-order valence-electron chi connectivity index (χ3n) is 3.82. The molecule has 3 aromatic rings. The number of para-hydroxylation sites is 1. The molecule has 0 aliphatic carbocycles. The molecule has 140 valence electrons. The minimum atomic E-state index is -2.84. The van der Waals surface area contributed by atoms with Gasteiger partial charge in [0, 0.05) is 11.3 Å². The van der Waals surface area contributed by atoms with Crippen LogP contribution in [0, 0.1) is 5.82 Å². The van der Waals surface area contributed by atoms with Crippen LogP contribution in [-0.4, -0.2) is 10.9 Å². The number of thiazole rings is 1. The van der Waals surface area contributed by atoms with Crippen LogP contribution in [0.4, 0.5) is 18.9 Å². The molecule has 3 rings (SSSR count). The summed E-state index contributed by atoms with van der Waals surface area (Å²) < 4.78 is 40.2. The van der Waals surface area contributed by atoms with E-state index < -0.39 is 23.8 Å². The van der Waals surface area contributed by atoms with Crippen molar-refractivity contribution in [3.8, 4) is 11.1 Å². The number of carbonyl (C=O) groups is 1. The van der Waals surface area contributed by atoms with E-state index in [0.29, 0.717) is 28.2 Å². The Bertz CT molecular complexity index is 991. The third kappa shape index (κ3) is 4.14. The normalized spacial score (nSPS) is 11.0. The van der Waals surface area contributed by atoms with Crippen LogP contribution in [0.2, 0.25) is 5.02 Å². The SMILES string of the molecule is CCc1nc(C(F)F)c(C(=O)Nc2ccccc2-c2ccc(Cl)c(F)c2)s1. The maximum absolute atomic E-state index is 13.8. The maximum Gasteiger partial charge on any atom is 0.282 e. The van der Waals surface area contributed by atoms with Crippen LogP contribution in [0.3, 0.4) is 0 Å². The molecule has 3 nitrogen and oxygen atoms in total. The predicted octanol–water partition coefficient (Wildman–Crippen LogP) is 6.35. The van der Waals surface area contributed by atoms with Crippen LogP contribution < -0.4 is 5.32 Å². The zero-order valence-electron chi connectivity index (χ0n) is 14.1. The van der Waals surface area contributed by atoms with Gasteiger partial charge in [-0.05, 0) is 30.2 Å². The molecule has 1 aromatic heterocycles. The monoisotopic (exact) mass is 410 g/mol. The number of nitrogens with zero attached hydrogens (tertiary/aromatic N) is 1. The van der Waals surface area contributed by atoms with Gasteiger partial charge >= 0.3 is 0 Å². The smallest absolute Gasteiger partial charge is 0.282 e. The van der Waals surface area contributed by atoms with Gasteiger partial charge in [-0.1, -0.05) is 42.8 Å². The van der Waals surface area contributed by atoms with Crippen molar-refractivity contribution < 1.29 is 18.0 Å². The number of alkyl halides is 2. The topological polar surface area (TPSA) is 42.0 Å². The van der Waals surface area contributed by atoms with Crippen LogP contribution in [0.25, 0.3) is 11.1 Å². The Morgan fingerprint density at radius 1 is 1.26 bits per heavy atom. The van der Waals surface area contributed by atoms with E-state index in [0.717, 1.165) is 11.3 Å². The number of hydrogen-bond donors (Lipinski definition) is 1. The number of amides is 1. The maximum atomic E-state index is 13.8. The van der Waals surface area contributed by atoms with E-state index in [1.165, 1.54) is 12.1 Å². The number of anilines is 1. The molecule has 0 aliphatic rings. The van der Waals surface area contributed by atoms with Crippen molar-refractivity contribution in [3.05, 3.63) is 68.9 Å². The first-order valence-corrected chi connectivity index (χ1v) is 9.23. The molecule has 0 saturated heterocycles. The lowest BCUT2D eigenvalue weighted by Crippen LogP contribution is -2.13. The number of nitrogens with one attached hydrogen (secondary N) is 1. The van der Waals surface area contributed by atoms with Crippen molar-refractivity contribution in [2.24, 2.45) is 0 Å². The van der Waals surface area contributed by atoms with Crippen molar-refractivity contribution >= 4 is 34.5 Å². The van der Waals surface area contributed by atoms with Gasteiger partial charge in [-0.25, -0.2) is 18.2 Å². The van der Waals surface area contributed by atoms with Crippen LogP contribution in [0.15, 0.2) is 42.5 Å². The molecule has 1 N–H and O–H groups in total. The molecule has 0 spiro atoms. The standard InChI is InChI=1S/C19H14ClF3N2OS/c1-2-15-25-16(18(22)23)17(27-15)19(26)24-14-6-4-3-5-11(14)10-7-8-12(20)13(21)9-10/h3-9,18H,2H2,1H3,(H,24,26). The molecule has 0 radical (unpaired) electrons. The van der Waals surface area contributed by atoms with Gasteiger partial charge in [-0.15, -0.1) is 11.3 Å². The molecular formula is C19H14ClF3N2OS. The molecule has 0 bridgehead atoms. The van der Waals surface area contributed by atoms with Gasteiger partial charge in [0.25, 0.3) is 12.3 Å². The number of rotatable bonds is 5. The van der Waals surface area contributed by atoms with Gasteiger partial charge in [0.2, 0.25) is 0 Å². The summed E-state index contributed by atoms with van der Waals surface area (Å²) in [6, 6.07) is 11.0. The first kappa shape index (κ1) is 19.4. The highest BCUT2D eigenvalue weighted by atomic mass is 35.5. The lowest BCUT2D eigenvalue weighted by molar-refractivity contribution is 0.101. The van der Waals surface area contributed by atoms with Gasteiger partial charge in [0.15, 0.2) is 0 Å². The largest absolute Gasteiger partial charge is 0.321 e. The van der Waals surface area contributed by atoms with E-state index in [2.05, 4.69) is 10.3 Å². The fourth-order valence-electron chi connectivity index (χ4n) is 2.53. The van der Waals surface area contributed by atoms with Crippen molar-refractivity contribution in [1.82, 2.24) is 4.98 Å². The van der Waals surface area contributed by atoms with E-state index in [1.807, 2.05) is 0 Å². The number of benzene rings is 2. The van der Waals surface area contributed by atoms with Crippen LogP contribution in [0.5, 0.6) is 0 Å². The van der Waals surface area contributed by atoms with Gasteiger partial charge in [-0.3, -0.25) is 4.79 Å². The lowest BCUT2D eigenvalue weighted by atomic mass is 10.0. The summed E-state index contributed by atoms with van der Waals surface area (Å²) in [5, 5.41) is 3.08. The van der Waals surface area contributed by atoms with Crippen LogP contribution in [0.1, 0.15) is 33.7 Å². The molecule has 0 unspecified atom stereocenters. The first-order valence-electron chi connectivity index (χ1n) is 8.04. The molecule has 2 aromatic carbocycles. The summed E-state index contributed by atoms with van der Waals surface area (Å²) in [5.41, 5.74) is 0.890. The molecule has 0 saturated carbocycles. The minimum Gasteiger partial charge on any atom is -0.321 e. The number of carbonyl (C=O) groups excluding carboxylic acids is 1. The van der Waals surface area contributed by atoms with Crippen LogP contribution >= 0.6 is 22.9 Å². The fourth-order valence-corrected chi connectivity index (χ4v) is 3.55. The highest BCUT2D eigenvalue weighted by Crippen LogP contribution is 2.32. The Kier molecular flexibility index (Phi) is 5.82. The summed E-state index contributed by atoms with van der Waals surface area (Å²) in [5.74, 6) is -1.27. The lowest BCUT2D eigenvalue weighted by Gasteiger charge is -2.11.